The maximum absolute atomic E-state index is 12.7. The molecule has 0 spiro atoms. The summed E-state index contributed by atoms with van der Waals surface area (Å²) in [5.74, 6) is 0.591. The molecular formula is C17H22N2O. The molecule has 0 saturated heterocycles. The molecule has 0 bridgehead atoms. The van der Waals surface area contributed by atoms with Gasteiger partial charge < -0.3 is 5.73 Å². The van der Waals surface area contributed by atoms with Crippen LogP contribution in [-0.2, 0) is 6.54 Å². The summed E-state index contributed by atoms with van der Waals surface area (Å²) < 4.78 is 1.79. The highest BCUT2D eigenvalue weighted by Gasteiger charge is 2.33. The van der Waals surface area contributed by atoms with E-state index in [-0.39, 0.29) is 11.0 Å². The fourth-order valence-corrected chi connectivity index (χ4v) is 3.56. The molecule has 0 unspecified atom stereocenters. The number of rotatable bonds is 3. The quantitative estimate of drug-likeness (QED) is 0.927. The fraction of sp³-hybridized carbons (Fsp3) is 0.471. The van der Waals surface area contributed by atoms with E-state index in [1.54, 1.807) is 4.57 Å². The van der Waals surface area contributed by atoms with Crippen LogP contribution < -0.4 is 11.3 Å². The van der Waals surface area contributed by atoms with Crippen molar-refractivity contribution in [2.45, 2.75) is 45.6 Å². The van der Waals surface area contributed by atoms with Crippen molar-refractivity contribution in [2.24, 2.45) is 5.41 Å². The molecule has 0 radical (unpaired) electrons. The van der Waals surface area contributed by atoms with E-state index >= 15 is 0 Å². The highest BCUT2D eigenvalue weighted by atomic mass is 16.1. The van der Waals surface area contributed by atoms with Gasteiger partial charge in [0.25, 0.3) is 5.56 Å². The summed E-state index contributed by atoms with van der Waals surface area (Å²) in [6, 6.07) is 9.62. The minimum absolute atomic E-state index is 0.0559. The first-order valence-electron chi connectivity index (χ1n) is 7.53. The van der Waals surface area contributed by atoms with E-state index in [4.69, 9.17) is 5.73 Å². The van der Waals surface area contributed by atoms with Gasteiger partial charge in [0.2, 0.25) is 0 Å². The zero-order valence-corrected chi connectivity index (χ0v) is 12.1. The summed E-state index contributed by atoms with van der Waals surface area (Å²) in [7, 11) is 0. The molecule has 0 aliphatic heterocycles. The van der Waals surface area contributed by atoms with Crippen molar-refractivity contribution < 1.29 is 0 Å². The highest BCUT2D eigenvalue weighted by Crippen LogP contribution is 2.42. The van der Waals surface area contributed by atoms with Gasteiger partial charge in [0, 0.05) is 11.9 Å². The van der Waals surface area contributed by atoms with E-state index < -0.39 is 0 Å². The molecule has 2 aromatic rings. The monoisotopic (exact) mass is 270 g/mol. The van der Waals surface area contributed by atoms with Gasteiger partial charge in [0.05, 0.1) is 0 Å². The van der Waals surface area contributed by atoms with Crippen LogP contribution >= 0.6 is 0 Å². The van der Waals surface area contributed by atoms with Crippen LogP contribution in [0.25, 0.3) is 10.8 Å². The minimum Gasteiger partial charge on any atom is -0.385 e. The first-order chi connectivity index (χ1) is 9.65. The van der Waals surface area contributed by atoms with Crippen molar-refractivity contribution in [2.75, 3.05) is 5.73 Å². The summed E-state index contributed by atoms with van der Waals surface area (Å²) in [6.07, 6.45) is 6.09. The number of anilines is 1. The van der Waals surface area contributed by atoms with Gasteiger partial charge >= 0.3 is 0 Å². The first kappa shape index (κ1) is 13.2. The Morgan fingerprint density at radius 2 is 1.95 bits per heavy atom. The Morgan fingerprint density at radius 1 is 1.25 bits per heavy atom. The molecule has 0 atom stereocenters. The molecule has 1 aliphatic carbocycles. The van der Waals surface area contributed by atoms with Gasteiger partial charge in [-0.15, -0.1) is 0 Å². The number of hydrogen-bond donors (Lipinski definition) is 1. The first-order valence-corrected chi connectivity index (χ1v) is 7.53. The van der Waals surface area contributed by atoms with E-state index in [2.05, 4.69) is 6.92 Å². The molecule has 1 saturated carbocycles. The topological polar surface area (TPSA) is 48.0 Å². The van der Waals surface area contributed by atoms with Crippen LogP contribution in [0, 0.1) is 5.41 Å². The van der Waals surface area contributed by atoms with E-state index in [0.29, 0.717) is 5.82 Å². The van der Waals surface area contributed by atoms with Crippen molar-refractivity contribution in [3.8, 4) is 0 Å². The van der Waals surface area contributed by atoms with Crippen LogP contribution in [-0.4, -0.2) is 4.57 Å². The third kappa shape index (κ3) is 2.11. The maximum atomic E-state index is 12.7. The normalized spacial score (nSPS) is 17.6. The van der Waals surface area contributed by atoms with Crippen LogP contribution in [0.4, 0.5) is 5.82 Å². The number of aromatic nitrogens is 1. The number of nitrogens with zero attached hydrogens (tertiary/aromatic N) is 1. The summed E-state index contributed by atoms with van der Waals surface area (Å²) in [6.45, 7) is 2.99. The molecule has 1 aromatic heterocycles. The molecule has 1 heterocycles. The number of fused-ring (bicyclic) bond motifs is 1. The van der Waals surface area contributed by atoms with Gasteiger partial charge in [0.15, 0.2) is 0 Å². The molecule has 3 rings (SSSR count). The Labute approximate surface area is 119 Å². The van der Waals surface area contributed by atoms with Gasteiger partial charge in [-0.05, 0) is 42.2 Å². The van der Waals surface area contributed by atoms with Crippen molar-refractivity contribution >= 4 is 16.6 Å². The average molecular weight is 270 g/mol. The van der Waals surface area contributed by atoms with Crippen molar-refractivity contribution in [3.05, 3.63) is 40.7 Å². The van der Waals surface area contributed by atoms with Gasteiger partial charge in [-0.1, -0.05) is 38.0 Å². The van der Waals surface area contributed by atoms with Gasteiger partial charge in [0.1, 0.15) is 5.82 Å². The molecule has 1 aromatic carbocycles. The zero-order chi connectivity index (χ0) is 14.2. The molecule has 0 amide bonds. The smallest absolute Gasteiger partial charge is 0.259 e. The molecule has 20 heavy (non-hydrogen) atoms. The number of benzene rings is 1. The third-order valence-corrected chi connectivity index (χ3v) is 4.96. The number of pyridine rings is 1. The van der Waals surface area contributed by atoms with Crippen LogP contribution in [0.3, 0.4) is 0 Å². The van der Waals surface area contributed by atoms with Crippen molar-refractivity contribution in [1.29, 1.82) is 0 Å². The number of nitrogens with two attached hydrogens (primary N) is 1. The van der Waals surface area contributed by atoms with Crippen LogP contribution in [0.2, 0.25) is 0 Å². The standard InChI is InChI=1S/C17H22N2O/c1-2-17(9-5-6-10-17)12-19-15(18)11-13-7-3-4-8-14(13)16(19)20/h3-4,7-8,11H,2,5-6,9-10,12,18H2,1H3. The molecule has 3 heteroatoms. The molecule has 1 aliphatic rings. The van der Waals surface area contributed by atoms with E-state index in [1.165, 1.54) is 25.7 Å². The lowest BCUT2D eigenvalue weighted by molar-refractivity contribution is 0.236. The lowest BCUT2D eigenvalue weighted by Crippen LogP contribution is -2.31. The highest BCUT2D eigenvalue weighted by molar-refractivity contribution is 5.83. The Morgan fingerprint density at radius 3 is 2.65 bits per heavy atom. The Hall–Kier alpha value is -1.77. The lowest BCUT2D eigenvalue weighted by atomic mass is 9.83. The van der Waals surface area contributed by atoms with Gasteiger partial charge in [-0.25, -0.2) is 0 Å². The third-order valence-electron chi connectivity index (χ3n) is 4.96. The second kappa shape index (κ2) is 4.97. The summed E-state index contributed by atoms with van der Waals surface area (Å²) in [4.78, 5) is 12.7. The Balaban J connectivity index is 2.09. The molecular weight excluding hydrogens is 248 g/mol. The molecule has 2 N–H and O–H groups in total. The summed E-state index contributed by atoms with van der Waals surface area (Å²) in [5, 5.41) is 1.70. The number of nitrogen functional groups attached to an aromatic ring is 1. The summed E-state index contributed by atoms with van der Waals surface area (Å²) >= 11 is 0. The van der Waals surface area contributed by atoms with E-state index in [0.717, 1.165) is 23.7 Å². The number of hydrogen-bond acceptors (Lipinski definition) is 2. The fourth-order valence-electron chi connectivity index (χ4n) is 3.56. The average Bonchev–Trinajstić information content (AvgIpc) is 2.93. The second-order valence-corrected chi connectivity index (χ2v) is 6.11. The molecule has 106 valence electrons. The lowest BCUT2D eigenvalue weighted by Gasteiger charge is -2.29. The van der Waals surface area contributed by atoms with Crippen molar-refractivity contribution in [3.63, 3.8) is 0 Å². The maximum Gasteiger partial charge on any atom is 0.259 e. The molecule has 3 nitrogen and oxygen atoms in total. The molecule has 1 fully saturated rings. The van der Waals surface area contributed by atoms with Crippen molar-refractivity contribution in [1.82, 2.24) is 4.57 Å². The van der Waals surface area contributed by atoms with Crippen LogP contribution in [0.5, 0.6) is 0 Å². The largest absolute Gasteiger partial charge is 0.385 e. The Kier molecular flexibility index (Phi) is 3.28. The zero-order valence-electron chi connectivity index (χ0n) is 12.1. The van der Waals surface area contributed by atoms with Gasteiger partial charge in [-0.3, -0.25) is 9.36 Å². The predicted molar refractivity (Wildman–Crippen MR) is 83.8 cm³/mol. The van der Waals surface area contributed by atoms with Crippen LogP contribution in [0.15, 0.2) is 35.1 Å². The van der Waals surface area contributed by atoms with E-state index in [1.807, 2.05) is 30.3 Å². The summed E-state index contributed by atoms with van der Waals surface area (Å²) in [5.41, 5.74) is 6.46. The van der Waals surface area contributed by atoms with Crippen LogP contribution in [0.1, 0.15) is 39.0 Å². The SMILES string of the molecule is CCC1(Cn2c(N)cc3ccccc3c2=O)CCCC1. The Bertz CT molecular complexity index is 681. The predicted octanol–water partition coefficient (Wildman–Crippen LogP) is 3.55. The minimum atomic E-state index is 0.0559. The van der Waals surface area contributed by atoms with E-state index in [9.17, 15) is 4.79 Å². The van der Waals surface area contributed by atoms with Gasteiger partial charge in [-0.2, -0.15) is 0 Å². The second-order valence-electron chi connectivity index (χ2n) is 6.11.